The Bertz CT molecular complexity index is 539. The van der Waals surface area contributed by atoms with E-state index in [0.717, 1.165) is 0 Å². The lowest BCUT2D eigenvalue weighted by molar-refractivity contribution is 0.209. The number of aromatic nitrogens is 2. The molecule has 0 aliphatic rings. The summed E-state index contributed by atoms with van der Waals surface area (Å²) in [6.45, 7) is 0. The van der Waals surface area contributed by atoms with Crippen molar-refractivity contribution in [3.63, 3.8) is 0 Å². The van der Waals surface area contributed by atoms with Gasteiger partial charge in [-0.15, -0.1) is 0 Å². The van der Waals surface area contributed by atoms with Crippen molar-refractivity contribution in [3.8, 4) is 0 Å². The van der Waals surface area contributed by atoms with Crippen molar-refractivity contribution in [2.75, 3.05) is 0 Å². The highest BCUT2D eigenvalue weighted by atomic mass is 79.9. The maximum Gasteiger partial charge on any atom is 0.137 e. The highest BCUT2D eigenvalue weighted by Gasteiger charge is 2.19. The van der Waals surface area contributed by atoms with Crippen molar-refractivity contribution in [2.24, 2.45) is 7.05 Å². The third-order valence-electron chi connectivity index (χ3n) is 2.46. The van der Waals surface area contributed by atoms with Gasteiger partial charge in [-0.1, -0.05) is 17.7 Å². The Hall–Kier alpha value is -0.910. The van der Waals surface area contributed by atoms with Crippen molar-refractivity contribution in [3.05, 3.63) is 51.0 Å². The molecule has 1 aromatic carbocycles. The molecule has 1 N–H and O–H groups in total. The van der Waals surface area contributed by atoms with Crippen LogP contribution in [-0.4, -0.2) is 14.9 Å². The first-order valence-corrected chi connectivity index (χ1v) is 5.98. The SMILES string of the molecule is Cn1ncc(Cl)c1C(O)c1ccc(F)c(Br)c1. The number of halogens is 3. The van der Waals surface area contributed by atoms with E-state index >= 15 is 0 Å². The molecule has 1 atom stereocenters. The van der Waals surface area contributed by atoms with Gasteiger partial charge in [-0.25, -0.2) is 4.39 Å². The molecule has 0 aliphatic heterocycles. The Labute approximate surface area is 111 Å². The molecule has 17 heavy (non-hydrogen) atoms. The van der Waals surface area contributed by atoms with E-state index in [1.165, 1.54) is 29.1 Å². The summed E-state index contributed by atoms with van der Waals surface area (Å²) in [7, 11) is 1.68. The average Bonchev–Trinajstić information content (AvgIpc) is 2.62. The van der Waals surface area contributed by atoms with E-state index in [2.05, 4.69) is 21.0 Å². The van der Waals surface area contributed by atoms with Crippen LogP contribution in [0.2, 0.25) is 5.02 Å². The monoisotopic (exact) mass is 318 g/mol. The van der Waals surface area contributed by atoms with Crippen molar-refractivity contribution in [1.29, 1.82) is 0 Å². The van der Waals surface area contributed by atoms with Crippen LogP contribution >= 0.6 is 27.5 Å². The molecule has 2 aromatic rings. The van der Waals surface area contributed by atoms with Gasteiger partial charge in [-0.05, 0) is 33.6 Å². The topological polar surface area (TPSA) is 38.0 Å². The molecule has 0 amide bonds. The molecule has 0 fully saturated rings. The quantitative estimate of drug-likeness (QED) is 0.924. The molecule has 1 unspecified atom stereocenters. The van der Waals surface area contributed by atoms with Crippen molar-refractivity contribution in [2.45, 2.75) is 6.10 Å². The fraction of sp³-hybridized carbons (Fsp3) is 0.182. The number of hydrogen-bond acceptors (Lipinski definition) is 2. The van der Waals surface area contributed by atoms with Gasteiger partial charge < -0.3 is 5.11 Å². The molecule has 0 saturated heterocycles. The van der Waals surface area contributed by atoms with Gasteiger partial charge in [0.05, 0.1) is 21.4 Å². The van der Waals surface area contributed by atoms with Gasteiger partial charge in [0.1, 0.15) is 11.9 Å². The van der Waals surface area contributed by atoms with Gasteiger partial charge in [0.25, 0.3) is 0 Å². The number of nitrogens with zero attached hydrogens (tertiary/aromatic N) is 2. The standard InChI is InChI=1S/C11H9BrClFN2O/c1-16-10(8(13)5-15-16)11(17)6-2-3-9(14)7(12)4-6/h2-5,11,17H,1H3. The fourth-order valence-electron chi connectivity index (χ4n) is 1.57. The van der Waals surface area contributed by atoms with Crippen molar-refractivity contribution in [1.82, 2.24) is 9.78 Å². The van der Waals surface area contributed by atoms with Crippen LogP contribution in [0.1, 0.15) is 17.4 Å². The summed E-state index contributed by atoms with van der Waals surface area (Å²) in [5.74, 6) is -0.378. The highest BCUT2D eigenvalue weighted by Crippen LogP contribution is 2.29. The third kappa shape index (κ3) is 2.36. The average molecular weight is 320 g/mol. The van der Waals surface area contributed by atoms with Gasteiger partial charge in [-0.3, -0.25) is 4.68 Å². The van der Waals surface area contributed by atoms with E-state index in [4.69, 9.17) is 11.6 Å². The summed E-state index contributed by atoms with van der Waals surface area (Å²) in [5, 5.41) is 14.5. The second-order valence-corrected chi connectivity index (χ2v) is 4.84. The second kappa shape index (κ2) is 4.76. The minimum Gasteiger partial charge on any atom is -0.382 e. The van der Waals surface area contributed by atoms with E-state index in [1.807, 2.05) is 0 Å². The van der Waals surface area contributed by atoms with Crippen LogP contribution in [0, 0.1) is 5.82 Å². The number of aliphatic hydroxyl groups excluding tert-OH is 1. The van der Waals surface area contributed by atoms with Gasteiger partial charge in [0, 0.05) is 7.05 Å². The first kappa shape index (κ1) is 12.5. The molecule has 0 aliphatic carbocycles. The minimum atomic E-state index is -0.938. The summed E-state index contributed by atoms with van der Waals surface area (Å²) >= 11 is 9.00. The molecule has 3 nitrogen and oxygen atoms in total. The minimum absolute atomic E-state index is 0.298. The molecule has 1 heterocycles. The van der Waals surface area contributed by atoms with Crippen LogP contribution in [0.3, 0.4) is 0 Å². The zero-order valence-corrected chi connectivity index (χ0v) is 11.2. The number of aliphatic hydroxyl groups is 1. The third-order valence-corrected chi connectivity index (χ3v) is 3.35. The number of rotatable bonds is 2. The van der Waals surface area contributed by atoms with E-state index in [-0.39, 0.29) is 5.82 Å². The lowest BCUT2D eigenvalue weighted by atomic mass is 10.1. The number of aryl methyl sites for hydroxylation is 1. The summed E-state index contributed by atoms with van der Waals surface area (Å²) in [6, 6.07) is 4.31. The maximum atomic E-state index is 13.1. The fourth-order valence-corrected chi connectivity index (χ4v) is 2.23. The van der Waals surface area contributed by atoms with Gasteiger partial charge >= 0.3 is 0 Å². The molecule has 0 spiro atoms. The smallest absolute Gasteiger partial charge is 0.137 e. The summed E-state index contributed by atoms with van der Waals surface area (Å²) in [6.07, 6.45) is 0.519. The molecule has 90 valence electrons. The predicted molar refractivity (Wildman–Crippen MR) is 66.4 cm³/mol. The van der Waals surface area contributed by atoms with E-state index in [1.54, 1.807) is 7.05 Å². The zero-order valence-electron chi connectivity index (χ0n) is 8.86. The molecule has 0 bridgehead atoms. The van der Waals surface area contributed by atoms with Crippen LogP contribution in [0.15, 0.2) is 28.9 Å². The highest BCUT2D eigenvalue weighted by molar-refractivity contribution is 9.10. The summed E-state index contributed by atoms with van der Waals surface area (Å²) in [4.78, 5) is 0. The molecule has 0 saturated carbocycles. The lowest BCUT2D eigenvalue weighted by Gasteiger charge is -2.12. The normalized spacial score (nSPS) is 12.8. The Morgan fingerprint density at radius 3 is 2.76 bits per heavy atom. The summed E-state index contributed by atoms with van der Waals surface area (Å²) in [5.41, 5.74) is 1.02. The Morgan fingerprint density at radius 2 is 2.24 bits per heavy atom. The number of benzene rings is 1. The van der Waals surface area contributed by atoms with Gasteiger partial charge in [-0.2, -0.15) is 5.10 Å². The van der Waals surface area contributed by atoms with Crippen LogP contribution in [0.4, 0.5) is 4.39 Å². The Morgan fingerprint density at radius 1 is 1.53 bits per heavy atom. The van der Waals surface area contributed by atoms with Crippen LogP contribution < -0.4 is 0 Å². The molecule has 2 rings (SSSR count). The first-order valence-electron chi connectivity index (χ1n) is 4.81. The summed E-state index contributed by atoms with van der Waals surface area (Å²) < 4.78 is 14.9. The largest absolute Gasteiger partial charge is 0.382 e. The zero-order chi connectivity index (χ0) is 12.6. The molecule has 0 radical (unpaired) electrons. The maximum absolute atomic E-state index is 13.1. The van der Waals surface area contributed by atoms with Crippen molar-refractivity contribution < 1.29 is 9.50 Å². The van der Waals surface area contributed by atoms with Crippen LogP contribution in [0.25, 0.3) is 0 Å². The Kier molecular flexibility index (Phi) is 3.51. The van der Waals surface area contributed by atoms with Crippen LogP contribution in [-0.2, 0) is 7.05 Å². The van der Waals surface area contributed by atoms with E-state index in [0.29, 0.717) is 20.8 Å². The Balaban J connectivity index is 2.43. The van der Waals surface area contributed by atoms with Gasteiger partial charge in [0.2, 0.25) is 0 Å². The first-order chi connectivity index (χ1) is 8.00. The predicted octanol–water partition coefficient (Wildman–Crippen LogP) is 3.06. The lowest BCUT2D eigenvalue weighted by Crippen LogP contribution is -2.07. The van der Waals surface area contributed by atoms with E-state index < -0.39 is 6.10 Å². The number of hydrogen-bond donors (Lipinski definition) is 1. The molecule has 1 aromatic heterocycles. The van der Waals surface area contributed by atoms with E-state index in [9.17, 15) is 9.50 Å². The second-order valence-electron chi connectivity index (χ2n) is 3.58. The molecule has 6 heteroatoms. The van der Waals surface area contributed by atoms with Crippen LogP contribution in [0.5, 0.6) is 0 Å². The molecular weight excluding hydrogens is 310 g/mol. The molecular formula is C11H9BrClFN2O. The van der Waals surface area contributed by atoms with Crippen molar-refractivity contribution >= 4 is 27.5 Å². The van der Waals surface area contributed by atoms with Gasteiger partial charge in [0.15, 0.2) is 0 Å².